The Morgan fingerprint density at radius 1 is 1.06 bits per heavy atom. The van der Waals surface area contributed by atoms with Gasteiger partial charge < -0.3 is 9.80 Å². The molecule has 31 heavy (non-hydrogen) atoms. The zero-order valence-electron chi connectivity index (χ0n) is 17.8. The Hall–Kier alpha value is -2.71. The van der Waals surface area contributed by atoms with Crippen LogP contribution in [-0.2, 0) is 21.2 Å². The van der Waals surface area contributed by atoms with Gasteiger partial charge in [-0.1, -0.05) is 38.1 Å². The van der Waals surface area contributed by atoms with Crippen molar-refractivity contribution < 1.29 is 18.0 Å². The van der Waals surface area contributed by atoms with Crippen LogP contribution in [0, 0.1) is 0 Å². The monoisotopic (exact) mass is 441 g/mol. The summed E-state index contributed by atoms with van der Waals surface area (Å²) in [5.41, 5.74) is 2.70. The lowest BCUT2D eigenvalue weighted by Crippen LogP contribution is -2.55. The lowest BCUT2D eigenvalue weighted by molar-refractivity contribution is -0.139. The van der Waals surface area contributed by atoms with Gasteiger partial charge in [0.15, 0.2) is 0 Å². The third kappa shape index (κ3) is 3.85. The molecule has 1 saturated heterocycles. The van der Waals surface area contributed by atoms with Crippen LogP contribution in [0.2, 0.25) is 0 Å². The standard InChI is InChI=1S/C23H27N3O4S/c1-3-25(4-2)31(29,30)19-11-9-18(10-12-19)23(28)24-15-21-20-8-6-5-7-17(20)13-14-26(21)22(27)16-24/h5-12,21H,3-4,13-16H2,1-2H3/t21-/m0/s1. The molecule has 1 atom stereocenters. The molecule has 4 rings (SSSR count). The molecular formula is C23H27N3O4S. The Kier molecular flexibility index (Phi) is 5.85. The van der Waals surface area contributed by atoms with E-state index >= 15 is 0 Å². The van der Waals surface area contributed by atoms with Crippen LogP contribution >= 0.6 is 0 Å². The minimum absolute atomic E-state index is 0.0387. The maximum Gasteiger partial charge on any atom is 0.254 e. The molecule has 2 aliphatic rings. The van der Waals surface area contributed by atoms with Crippen molar-refractivity contribution >= 4 is 21.8 Å². The van der Waals surface area contributed by atoms with Crippen LogP contribution < -0.4 is 0 Å². The normalized spacial score (nSPS) is 18.7. The molecule has 0 saturated carbocycles. The number of sulfonamides is 1. The van der Waals surface area contributed by atoms with Crippen molar-refractivity contribution in [3.05, 3.63) is 65.2 Å². The number of piperazine rings is 1. The zero-order valence-corrected chi connectivity index (χ0v) is 18.6. The Morgan fingerprint density at radius 3 is 2.42 bits per heavy atom. The van der Waals surface area contributed by atoms with E-state index in [1.165, 1.54) is 34.1 Å². The summed E-state index contributed by atoms with van der Waals surface area (Å²) in [6.07, 6.45) is 0.828. The van der Waals surface area contributed by atoms with E-state index in [2.05, 4.69) is 6.07 Å². The van der Waals surface area contributed by atoms with Gasteiger partial charge in [-0.25, -0.2) is 8.42 Å². The van der Waals surface area contributed by atoms with Crippen molar-refractivity contribution in [2.24, 2.45) is 0 Å². The Balaban J connectivity index is 1.56. The fourth-order valence-electron chi connectivity index (χ4n) is 4.49. The summed E-state index contributed by atoms with van der Waals surface area (Å²) in [5, 5.41) is 0. The Morgan fingerprint density at radius 2 is 1.74 bits per heavy atom. The molecule has 2 aliphatic heterocycles. The van der Waals surface area contributed by atoms with Crippen LogP contribution in [0.15, 0.2) is 53.4 Å². The average molecular weight is 442 g/mol. The molecule has 0 unspecified atom stereocenters. The average Bonchev–Trinajstić information content (AvgIpc) is 2.79. The van der Waals surface area contributed by atoms with E-state index in [9.17, 15) is 18.0 Å². The summed E-state index contributed by atoms with van der Waals surface area (Å²) in [4.78, 5) is 29.5. The topological polar surface area (TPSA) is 78.0 Å². The van der Waals surface area contributed by atoms with Gasteiger partial charge >= 0.3 is 0 Å². The van der Waals surface area contributed by atoms with Crippen LogP contribution in [0.5, 0.6) is 0 Å². The second kappa shape index (κ2) is 8.43. The highest BCUT2D eigenvalue weighted by atomic mass is 32.2. The number of benzene rings is 2. The van der Waals surface area contributed by atoms with Gasteiger partial charge in [-0.2, -0.15) is 4.31 Å². The van der Waals surface area contributed by atoms with Crippen molar-refractivity contribution in [2.75, 3.05) is 32.7 Å². The van der Waals surface area contributed by atoms with E-state index in [-0.39, 0.29) is 29.3 Å². The van der Waals surface area contributed by atoms with E-state index in [4.69, 9.17) is 0 Å². The van der Waals surface area contributed by atoms with E-state index in [1.807, 2.05) is 23.1 Å². The highest BCUT2D eigenvalue weighted by Crippen LogP contribution is 2.33. The molecule has 0 N–H and O–H groups in total. The molecule has 0 aromatic heterocycles. The van der Waals surface area contributed by atoms with Gasteiger partial charge in [0.2, 0.25) is 15.9 Å². The second-order valence-corrected chi connectivity index (χ2v) is 9.79. The predicted octanol–water partition coefficient (Wildman–Crippen LogP) is 2.30. The smallest absolute Gasteiger partial charge is 0.254 e. The quantitative estimate of drug-likeness (QED) is 0.713. The van der Waals surface area contributed by atoms with Crippen LogP contribution in [-0.4, -0.2) is 67.1 Å². The third-order valence-electron chi connectivity index (χ3n) is 6.18. The fourth-order valence-corrected chi connectivity index (χ4v) is 5.95. The van der Waals surface area contributed by atoms with Crippen LogP contribution in [0.25, 0.3) is 0 Å². The fraction of sp³-hybridized carbons (Fsp3) is 0.391. The minimum atomic E-state index is -3.58. The van der Waals surface area contributed by atoms with E-state index in [0.29, 0.717) is 31.7 Å². The third-order valence-corrected chi connectivity index (χ3v) is 8.25. The molecule has 2 aromatic rings. The highest BCUT2D eigenvalue weighted by molar-refractivity contribution is 7.89. The highest BCUT2D eigenvalue weighted by Gasteiger charge is 2.38. The summed E-state index contributed by atoms with van der Waals surface area (Å²) in [6, 6.07) is 13.9. The molecule has 1 fully saturated rings. The molecule has 2 heterocycles. The van der Waals surface area contributed by atoms with Crippen molar-refractivity contribution in [1.29, 1.82) is 0 Å². The van der Waals surface area contributed by atoms with E-state index < -0.39 is 10.0 Å². The molecule has 8 heteroatoms. The summed E-state index contributed by atoms with van der Waals surface area (Å²) in [6.45, 7) is 5.49. The molecule has 0 bridgehead atoms. The van der Waals surface area contributed by atoms with Crippen molar-refractivity contribution in [3.8, 4) is 0 Å². The minimum Gasteiger partial charge on any atom is -0.332 e. The van der Waals surface area contributed by atoms with Gasteiger partial charge in [0, 0.05) is 31.7 Å². The number of nitrogens with zero attached hydrogens (tertiary/aromatic N) is 3. The molecule has 0 aliphatic carbocycles. The summed E-state index contributed by atoms with van der Waals surface area (Å²) >= 11 is 0. The first-order valence-corrected chi connectivity index (χ1v) is 12.1. The number of amides is 2. The Bertz CT molecular complexity index is 1090. The SMILES string of the molecule is CCN(CC)S(=O)(=O)c1ccc(C(=O)N2CC(=O)N3CCc4ccccc4[C@@H]3C2)cc1. The maximum atomic E-state index is 13.1. The van der Waals surface area contributed by atoms with Crippen molar-refractivity contribution in [2.45, 2.75) is 31.2 Å². The summed E-state index contributed by atoms with van der Waals surface area (Å²) in [7, 11) is -3.58. The van der Waals surface area contributed by atoms with Crippen LogP contribution in [0.3, 0.4) is 0 Å². The summed E-state index contributed by atoms with van der Waals surface area (Å²) < 4.78 is 26.7. The van der Waals surface area contributed by atoms with Gasteiger partial charge in [-0.15, -0.1) is 0 Å². The van der Waals surface area contributed by atoms with Crippen LogP contribution in [0.4, 0.5) is 0 Å². The number of rotatable bonds is 5. The van der Waals surface area contributed by atoms with Gasteiger partial charge in [-0.3, -0.25) is 9.59 Å². The molecule has 2 amide bonds. The zero-order chi connectivity index (χ0) is 22.2. The van der Waals surface area contributed by atoms with Gasteiger partial charge in [0.25, 0.3) is 5.91 Å². The van der Waals surface area contributed by atoms with Gasteiger partial charge in [0.05, 0.1) is 10.9 Å². The largest absolute Gasteiger partial charge is 0.332 e. The lowest BCUT2D eigenvalue weighted by Gasteiger charge is -2.44. The van der Waals surface area contributed by atoms with E-state index in [0.717, 1.165) is 12.0 Å². The van der Waals surface area contributed by atoms with Gasteiger partial charge in [-0.05, 0) is 41.8 Å². The maximum absolute atomic E-state index is 13.1. The van der Waals surface area contributed by atoms with Crippen LogP contribution in [0.1, 0.15) is 41.4 Å². The number of hydrogen-bond donors (Lipinski definition) is 0. The lowest BCUT2D eigenvalue weighted by atomic mass is 9.90. The predicted molar refractivity (Wildman–Crippen MR) is 117 cm³/mol. The number of carbonyl (C=O) groups excluding carboxylic acids is 2. The Labute approximate surface area is 183 Å². The molecule has 2 aromatic carbocycles. The van der Waals surface area contributed by atoms with E-state index in [1.54, 1.807) is 18.7 Å². The molecular weight excluding hydrogens is 414 g/mol. The molecule has 164 valence electrons. The first kappa shape index (κ1) is 21.5. The molecule has 0 radical (unpaired) electrons. The van der Waals surface area contributed by atoms with Gasteiger partial charge in [0.1, 0.15) is 6.54 Å². The molecule has 0 spiro atoms. The first-order chi connectivity index (χ1) is 14.9. The van der Waals surface area contributed by atoms with Crippen molar-refractivity contribution in [1.82, 2.24) is 14.1 Å². The second-order valence-electron chi connectivity index (χ2n) is 7.85. The van der Waals surface area contributed by atoms with Crippen molar-refractivity contribution in [3.63, 3.8) is 0 Å². The first-order valence-electron chi connectivity index (χ1n) is 10.6. The number of fused-ring (bicyclic) bond motifs is 3. The number of hydrogen-bond acceptors (Lipinski definition) is 4. The summed E-state index contributed by atoms with van der Waals surface area (Å²) in [5.74, 6) is -0.317. The molecule has 7 nitrogen and oxygen atoms in total. The number of carbonyl (C=O) groups is 2.